The minimum absolute atomic E-state index is 0.333. The van der Waals surface area contributed by atoms with Crippen LogP contribution >= 0.6 is 0 Å². The van der Waals surface area contributed by atoms with Crippen molar-refractivity contribution in [1.29, 1.82) is 0 Å². The van der Waals surface area contributed by atoms with Crippen molar-refractivity contribution in [2.45, 2.75) is 38.6 Å². The van der Waals surface area contributed by atoms with Crippen molar-refractivity contribution >= 4 is 22.2 Å². The summed E-state index contributed by atoms with van der Waals surface area (Å²) < 4.78 is 2.32. The molecule has 2 aliphatic rings. The van der Waals surface area contributed by atoms with Gasteiger partial charge >= 0.3 is 0 Å². The van der Waals surface area contributed by atoms with Crippen molar-refractivity contribution in [3.8, 4) is 0 Å². The molecule has 2 heterocycles. The van der Waals surface area contributed by atoms with Crippen molar-refractivity contribution < 1.29 is 4.79 Å². The van der Waals surface area contributed by atoms with Gasteiger partial charge in [-0.1, -0.05) is 30.3 Å². The fraction of sp³-hybridized carbons (Fsp3) is 0.423. The first-order valence-corrected chi connectivity index (χ1v) is 11.5. The van der Waals surface area contributed by atoms with Gasteiger partial charge in [0.05, 0.1) is 0 Å². The van der Waals surface area contributed by atoms with E-state index in [-0.39, 0.29) is 0 Å². The lowest BCUT2D eigenvalue weighted by molar-refractivity contribution is 0.0971. The van der Waals surface area contributed by atoms with Gasteiger partial charge in [-0.2, -0.15) is 0 Å². The molecular weight excluding hydrogens is 370 g/mol. The number of aryl methyl sites for hydroxylation is 1. The van der Waals surface area contributed by atoms with Gasteiger partial charge in [0.1, 0.15) is 0 Å². The third-order valence-electron chi connectivity index (χ3n) is 6.79. The molecule has 0 atom stereocenters. The van der Waals surface area contributed by atoms with E-state index < -0.39 is 0 Å². The normalized spacial score (nSPS) is 17.5. The molecule has 1 fully saturated rings. The molecule has 5 rings (SSSR count). The number of anilines is 1. The number of ketones is 1. The van der Waals surface area contributed by atoms with Crippen LogP contribution < -0.4 is 4.90 Å². The quantitative estimate of drug-likeness (QED) is 0.558. The third kappa shape index (κ3) is 4.01. The first kappa shape index (κ1) is 19.4. The molecule has 0 unspecified atom stereocenters. The molecule has 30 heavy (non-hydrogen) atoms. The molecule has 0 radical (unpaired) electrons. The Kier molecular flexibility index (Phi) is 5.58. The van der Waals surface area contributed by atoms with Gasteiger partial charge in [-0.15, -0.1) is 0 Å². The van der Waals surface area contributed by atoms with Crippen molar-refractivity contribution in [2.75, 3.05) is 37.6 Å². The summed E-state index contributed by atoms with van der Waals surface area (Å²) in [4.78, 5) is 17.1. The monoisotopic (exact) mass is 401 g/mol. The smallest absolute Gasteiger partial charge is 0.164 e. The van der Waals surface area contributed by atoms with E-state index >= 15 is 0 Å². The second-order valence-corrected chi connectivity index (χ2v) is 8.71. The van der Waals surface area contributed by atoms with Gasteiger partial charge < -0.3 is 9.47 Å². The third-order valence-corrected chi connectivity index (χ3v) is 6.79. The summed E-state index contributed by atoms with van der Waals surface area (Å²) >= 11 is 0. The molecule has 3 aromatic rings. The summed E-state index contributed by atoms with van der Waals surface area (Å²) in [5.41, 5.74) is 3.60. The molecule has 0 saturated carbocycles. The zero-order valence-corrected chi connectivity index (χ0v) is 17.7. The maximum atomic E-state index is 12.0. The Hall–Kier alpha value is -2.59. The Morgan fingerprint density at radius 3 is 2.47 bits per heavy atom. The average Bonchev–Trinajstić information content (AvgIpc) is 3.21. The Morgan fingerprint density at radius 2 is 1.60 bits per heavy atom. The largest absolute Gasteiger partial charge is 0.369 e. The highest BCUT2D eigenvalue weighted by Crippen LogP contribution is 2.24. The molecule has 1 aliphatic carbocycles. The number of aromatic nitrogens is 1. The van der Waals surface area contributed by atoms with Gasteiger partial charge in [-0.25, -0.2) is 0 Å². The number of carbonyl (C=O) groups excluding carboxylic acids is 1. The zero-order valence-electron chi connectivity index (χ0n) is 17.7. The number of piperazine rings is 1. The molecule has 2 aromatic carbocycles. The van der Waals surface area contributed by atoms with Crippen molar-refractivity contribution in [3.05, 3.63) is 66.0 Å². The maximum absolute atomic E-state index is 12.0. The lowest BCUT2D eigenvalue weighted by Crippen LogP contribution is -2.46. The van der Waals surface area contributed by atoms with E-state index in [0.717, 1.165) is 57.5 Å². The average molecular weight is 402 g/mol. The van der Waals surface area contributed by atoms with Gasteiger partial charge in [0.25, 0.3) is 0 Å². The number of nitrogens with zero attached hydrogens (tertiary/aromatic N) is 3. The summed E-state index contributed by atoms with van der Waals surface area (Å²) in [6.07, 6.45) is 7.32. The predicted octanol–water partition coefficient (Wildman–Crippen LogP) is 4.76. The minimum atomic E-state index is 0.333. The Labute approximate surface area is 179 Å². The molecular formula is C26H31N3O. The molecule has 0 bridgehead atoms. The number of unbranched alkanes of at least 4 members (excludes halogenated alkanes) is 1. The molecule has 0 amide bonds. The van der Waals surface area contributed by atoms with Crippen LogP contribution in [0, 0.1) is 0 Å². The molecule has 1 saturated heterocycles. The standard InChI is InChI=1S/C26H31N3O/c30-26-9-5-8-25-24(26)12-15-29(25)14-4-3-13-27-16-18-28(19-17-27)23-11-10-21-6-1-2-7-22(21)20-23/h1-2,6-7,10-12,15,20H,3-5,8-9,13-14,16-19H2. The highest BCUT2D eigenvalue weighted by atomic mass is 16.1. The van der Waals surface area contributed by atoms with Crippen LogP contribution in [0.25, 0.3) is 10.8 Å². The summed E-state index contributed by atoms with van der Waals surface area (Å²) in [6.45, 7) is 6.70. The number of fused-ring (bicyclic) bond motifs is 2. The summed E-state index contributed by atoms with van der Waals surface area (Å²) in [7, 11) is 0. The molecule has 0 spiro atoms. The Morgan fingerprint density at radius 1 is 0.800 bits per heavy atom. The van der Waals surface area contributed by atoms with Gasteiger partial charge in [0, 0.05) is 62.3 Å². The molecule has 1 aromatic heterocycles. The van der Waals surface area contributed by atoms with E-state index in [1.54, 1.807) is 0 Å². The van der Waals surface area contributed by atoms with E-state index in [0.29, 0.717) is 5.78 Å². The van der Waals surface area contributed by atoms with Crippen LogP contribution in [0.5, 0.6) is 0 Å². The van der Waals surface area contributed by atoms with Crippen LogP contribution in [0.4, 0.5) is 5.69 Å². The Balaban J connectivity index is 1.08. The Bertz CT molecular complexity index is 1030. The fourth-order valence-electron chi connectivity index (χ4n) is 5.02. The van der Waals surface area contributed by atoms with Gasteiger partial charge in [-0.05, 0) is 61.2 Å². The van der Waals surface area contributed by atoms with E-state index in [9.17, 15) is 4.79 Å². The topological polar surface area (TPSA) is 28.5 Å². The van der Waals surface area contributed by atoms with Gasteiger partial charge in [0.15, 0.2) is 5.78 Å². The second kappa shape index (κ2) is 8.65. The first-order chi connectivity index (χ1) is 14.8. The predicted molar refractivity (Wildman–Crippen MR) is 124 cm³/mol. The van der Waals surface area contributed by atoms with Crippen LogP contribution in [-0.2, 0) is 13.0 Å². The summed E-state index contributed by atoms with van der Waals surface area (Å²) in [5, 5.41) is 2.64. The van der Waals surface area contributed by atoms with Crippen molar-refractivity contribution in [3.63, 3.8) is 0 Å². The minimum Gasteiger partial charge on any atom is -0.369 e. The van der Waals surface area contributed by atoms with E-state index in [1.807, 2.05) is 6.07 Å². The second-order valence-electron chi connectivity index (χ2n) is 8.71. The number of hydrogen-bond acceptors (Lipinski definition) is 3. The SMILES string of the molecule is O=C1CCCc2c1ccn2CCCCN1CCN(c2ccc3ccccc3c2)CC1. The van der Waals surface area contributed by atoms with Crippen molar-refractivity contribution in [2.24, 2.45) is 0 Å². The van der Waals surface area contributed by atoms with Gasteiger partial charge in [0.2, 0.25) is 0 Å². The van der Waals surface area contributed by atoms with Crippen LogP contribution in [-0.4, -0.2) is 48.0 Å². The molecule has 156 valence electrons. The molecule has 1 aliphatic heterocycles. The fourth-order valence-corrected chi connectivity index (χ4v) is 5.02. The van der Waals surface area contributed by atoms with E-state index in [4.69, 9.17) is 0 Å². The molecule has 0 N–H and O–H groups in total. The lowest BCUT2D eigenvalue weighted by atomic mass is 9.97. The number of carbonyl (C=O) groups is 1. The van der Waals surface area contributed by atoms with Crippen LogP contribution in [0.2, 0.25) is 0 Å². The van der Waals surface area contributed by atoms with Crippen molar-refractivity contribution in [1.82, 2.24) is 9.47 Å². The summed E-state index contributed by atoms with van der Waals surface area (Å²) in [6, 6.07) is 17.5. The lowest BCUT2D eigenvalue weighted by Gasteiger charge is -2.36. The van der Waals surface area contributed by atoms with E-state index in [2.05, 4.69) is 63.0 Å². The number of benzene rings is 2. The van der Waals surface area contributed by atoms with E-state index in [1.165, 1.54) is 41.5 Å². The van der Waals surface area contributed by atoms with Crippen LogP contribution in [0.15, 0.2) is 54.7 Å². The highest BCUT2D eigenvalue weighted by molar-refractivity contribution is 5.98. The van der Waals surface area contributed by atoms with Crippen LogP contribution in [0.3, 0.4) is 0 Å². The molecule has 4 heteroatoms. The number of Topliss-reactive ketones (excluding diaryl/α,β-unsaturated/α-hetero) is 1. The summed E-state index contributed by atoms with van der Waals surface area (Å²) in [5.74, 6) is 0.333. The molecule has 4 nitrogen and oxygen atoms in total. The number of hydrogen-bond donors (Lipinski definition) is 0. The van der Waals surface area contributed by atoms with Crippen LogP contribution in [0.1, 0.15) is 41.7 Å². The zero-order chi connectivity index (χ0) is 20.3. The first-order valence-electron chi connectivity index (χ1n) is 11.5. The maximum Gasteiger partial charge on any atom is 0.164 e. The number of rotatable bonds is 6. The van der Waals surface area contributed by atoms with Gasteiger partial charge in [-0.3, -0.25) is 9.69 Å². The highest BCUT2D eigenvalue weighted by Gasteiger charge is 2.20.